The molecule has 0 atom stereocenters. The predicted octanol–water partition coefficient (Wildman–Crippen LogP) is 3.42. The molecule has 0 saturated carbocycles. The van der Waals surface area contributed by atoms with Crippen LogP contribution in [0.3, 0.4) is 0 Å². The van der Waals surface area contributed by atoms with Gasteiger partial charge in [0.05, 0.1) is 7.11 Å². The highest BCUT2D eigenvalue weighted by molar-refractivity contribution is 6.06. The molecule has 0 aliphatic carbocycles. The van der Waals surface area contributed by atoms with Gasteiger partial charge in [0.25, 0.3) is 5.91 Å². The number of carbonyl (C=O) groups excluding carboxylic acids is 1. The van der Waals surface area contributed by atoms with Gasteiger partial charge < -0.3 is 9.64 Å². The van der Waals surface area contributed by atoms with E-state index in [9.17, 15) is 9.18 Å². The Hall–Kier alpha value is -2.36. The molecule has 0 unspecified atom stereocenters. The van der Waals surface area contributed by atoms with Crippen molar-refractivity contribution in [1.82, 2.24) is 0 Å². The largest absolute Gasteiger partial charge is 0.497 e. The second-order valence-electron chi connectivity index (χ2n) is 4.52. The number of anilines is 1. The van der Waals surface area contributed by atoms with E-state index in [0.717, 1.165) is 11.4 Å². The number of nitrogens with zero attached hydrogens (tertiary/aromatic N) is 1. The normalized spacial score (nSPS) is 10.2. The Bertz CT molecular complexity index is 623. The SMILES string of the molecule is COc1ccc(N(C)C(=O)c2ccc(F)cc2C)cc1. The number of halogens is 1. The van der Waals surface area contributed by atoms with Crippen LogP contribution in [0.15, 0.2) is 42.5 Å². The van der Waals surface area contributed by atoms with E-state index in [1.54, 1.807) is 45.3 Å². The summed E-state index contributed by atoms with van der Waals surface area (Å²) in [6.07, 6.45) is 0. The molecular formula is C16H16FNO2. The molecule has 0 fully saturated rings. The number of hydrogen-bond acceptors (Lipinski definition) is 2. The first-order chi connectivity index (χ1) is 9.52. The highest BCUT2D eigenvalue weighted by atomic mass is 19.1. The van der Waals surface area contributed by atoms with Crippen molar-refractivity contribution in [3.63, 3.8) is 0 Å². The third-order valence-corrected chi connectivity index (χ3v) is 3.18. The quantitative estimate of drug-likeness (QED) is 0.857. The highest BCUT2D eigenvalue weighted by Gasteiger charge is 2.16. The molecule has 3 nitrogen and oxygen atoms in total. The molecule has 20 heavy (non-hydrogen) atoms. The van der Waals surface area contributed by atoms with E-state index in [2.05, 4.69) is 0 Å². The molecule has 0 heterocycles. The summed E-state index contributed by atoms with van der Waals surface area (Å²) < 4.78 is 18.2. The van der Waals surface area contributed by atoms with E-state index < -0.39 is 0 Å². The Kier molecular flexibility index (Phi) is 4.03. The van der Waals surface area contributed by atoms with Gasteiger partial charge in [0.1, 0.15) is 11.6 Å². The maximum absolute atomic E-state index is 13.1. The smallest absolute Gasteiger partial charge is 0.258 e. The molecule has 0 aliphatic heterocycles. The van der Waals surface area contributed by atoms with Gasteiger partial charge in [-0.15, -0.1) is 0 Å². The molecular weight excluding hydrogens is 257 g/mol. The van der Waals surface area contributed by atoms with Crippen LogP contribution in [0.2, 0.25) is 0 Å². The Labute approximate surface area is 117 Å². The third-order valence-electron chi connectivity index (χ3n) is 3.18. The summed E-state index contributed by atoms with van der Waals surface area (Å²) >= 11 is 0. The fraction of sp³-hybridized carbons (Fsp3) is 0.188. The van der Waals surface area contributed by atoms with Gasteiger partial charge in [-0.05, 0) is 55.0 Å². The molecule has 0 spiro atoms. The zero-order chi connectivity index (χ0) is 14.7. The monoisotopic (exact) mass is 273 g/mol. The first kappa shape index (κ1) is 14.1. The van der Waals surface area contributed by atoms with E-state index >= 15 is 0 Å². The molecule has 104 valence electrons. The van der Waals surface area contributed by atoms with Crippen LogP contribution in [-0.2, 0) is 0 Å². The fourth-order valence-corrected chi connectivity index (χ4v) is 1.97. The number of ether oxygens (including phenoxy) is 1. The first-order valence-corrected chi connectivity index (χ1v) is 6.21. The van der Waals surface area contributed by atoms with Crippen LogP contribution < -0.4 is 9.64 Å². The maximum atomic E-state index is 13.1. The van der Waals surface area contributed by atoms with Gasteiger partial charge in [-0.3, -0.25) is 4.79 Å². The molecule has 2 aromatic rings. The summed E-state index contributed by atoms with van der Waals surface area (Å²) in [4.78, 5) is 13.9. The summed E-state index contributed by atoms with van der Waals surface area (Å²) in [6, 6.07) is 11.3. The first-order valence-electron chi connectivity index (χ1n) is 6.21. The summed E-state index contributed by atoms with van der Waals surface area (Å²) in [5.74, 6) is 0.214. The average Bonchev–Trinajstić information content (AvgIpc) is 2.46. The molecule has 1 amide bonds. The average molecular weight is 273 g/mol. The van der Waals surface area contributed by atoms with E-state index in [4.69, 9.17) is 4.74 Å². The van der Waals surface area contributed by atoms with Crippen LogP contribution in [-0.4, -0.2) is 20.1 Å². The number of carbonyl (C=O) groups is 1. The summed E-state index contributed by atoms with van der Waals surface area (Å²) in [7, 11) is 3.28. The van der Waals surface area contributed by atoms with E-state index in [1.165, 1.54) is 23.1 Å². The van der Waals surface area contributed by atoms with Gasteiger partial charge in [-0.25, -0.2) is 4.39 Å². The molecule has 0 bridgehead atoms. The van der Waals surface area contributed by atoms with Gasteiger partial charge in [0.2, 0.25) is 0 Å². The van der Waals surface area contributed by atoms with Gasteiger partial charge in [0.15, 0.2) is 0 Å². The minimum absolute atomic E-state index is 0.173. The highest BCUT2D eigenvalue weighted by Crippen LogP contribution is 2.21. The Morgan fingerprint density at radius 1 is 1.15 bits per heavy atom. The van der Waals surface area contributed by atoms with E-state index in [1.807, 2.05) is 0 Å². The van der Waals surface area contributed by atoms with Crippen molar-refractivity contribution in [3.8, 4) is 5.75 Å². The van der Waals surface area contributed by atoms with Crippen molar-refractivity contribution in [1.29, 1.82) is 0 Å². The number of amides is 1. The van der Waals surface area contributed by atoms with E-state index in [0.29, 0.717) is 11.1 Å². The number of rotatable bonds is 3. The van der Waals surface area contributed by atoms with Crippen molar-refractivity contribution in [2.75, 3.05) is 19.1 Å². The molecule has 0 aromatic heterocycles. The van der Waals surface area contributed by atoms with Crippen LogP contribution in [0.4, 0.5) is 10.1 Å². The van der Waals surface area contributed by atoms with Gasteiger partial charge in [-0.1, -0.05) is 0 Å². The van der Waals surface area contributed by atoms with Crippen LogP contribution in [0.1, 0.15) is 15.9 Å². The molecule has 2 rings (SSSR count). The number of methoxy groups -OCH3 is 1. The third kappa shape index (κ3) is 2.79. The number of aryl methyl sites for hydroxylation is 1. The lowest BCUT2D eigenvalue weighted by Crippen LogP contribution is -2.26. The fourth-order valence-electron chi connectivity index (χ4n) is 1.97. The zero-order valence-corrected chi connectivity index (χ0v) is 11.7. The minimum Gasteiger partial charge on any atom is -0.497 e. The minimum atomic E-state index is -0.342. The Balaban J connectivity index is 2.27. The van der Waals surface area contributed by atoms with Crippen molar-refractivity contribution in [3.05, 3.63) is 59.4 Å². The van der Waals surface area contributed by atoms with Crippen molar-refractivity contribution in [2.45, 2.75) is 6.92 Å². The molecule has 0 aliphatic rings. The lowest BCUT2D eigenvalue weighted by atomic mass is 10.1. The molecule has 2 aromatic carbocycles. The van der Waals surface area contributed by atoms with Crippen LogP contribution >= 0.6 is 0 Å². The Morgan fingerprint density at radius 3 is 2.35 bits per heavy atom. The van der Waals surface area contributed by atoms with Crippen molar-refractivity contribution in [2.24, 2.45) is 0 Å². The van der Waals surface area contributed by atoms with Crippen molar-refractivity contribution < 1.29 is 13.9 Å². The lowest BCUT2D eigenvalue weighted by molar-refractivity contribution is 0.0992. The lowest BCUT2D eigenvalue weighted by Gasteiger charge is -2.18. The summed E-state index contributed by atoms with van der Waals surface area (Å²) in [5, 5.41) is 0. The summed E-state index contributed by atoms with van der Waals surface area (Å²) in [5.41, 5.74) is 1.86. The topological polar surface area (TPSA) is 29.5 Å². The van der Waals surface area contributed by atoms with Gasteiger partial charge >= 0.3 is 0 Å². The Morgan fingerprint density at radius 2 is 1.80 bits per heavy atom. The molecule has 0 N–H and O–H groups in total. The molecule has 0 radical (unpaired) electrons. The van der Waals surface area contributed by atoms with Gasteiger partial charge in [-0.2, -0.15) is 0 Å². The van der Waals surface area contributed by atoms with Crippen LogP contribution in [0.5, 0.6) is 5.75 Å². The van der Waals surface area contributed by atoms with Crippen LogP contribution in [0, 0.1) is 12.7 Å². The molecule has 4 heteroatoms. The second kappa shape index (κ2) is 5.74. The van der Waals surface area contributed by atoms with Crippen molar-refractivity contribution >= 4 is 11.6 Å². The number of benzene rings is 2. The zero-order valence-electron chi connectivity index (χ0n) is 11.7. The summed E-state index contributed by atoms with van der Waals surface area (Å²) in [6.45, 7) is 1.72. The second-order valence-corrected chi connectivity index (χ2v) is 4.52. The van der Waals surface area contributed by atoms with Gasteiger partial charge in [0, 0.05) is 18.3 Å². The standard InChI is InChI=1S/C16H16FNO2/c1-11-10-12(17)4-9-15(11)16(19)18(2)13-5-7-14(20-3)8-6-13/h4-10H,1-3H3. The van der Waals surface area contributed by atoms with Crippen LogP contribution in [0.25, 0.3) is 0 Å². The maximum Gasteiger partial charge on any atom is 0.258 e. The molecule has 0 saturated heterocycles. The van der Waals surface area contributed by atoms with E-state index in [-0.39, 0.29) is 11.7 Å². The number of hydrogen-bond donors (Lipinski definition) is 0. The predicted molar refractivity (Wildman–Crippen MR) is 76.9 cm³/mol.